The highest BCUT2D eigenvalue weighted by atomic mass is 32.2. The van der Waals surface area contributed by atoms with Crippen molar-refractivity contribution in [2.45, 2.75) is 66.7 Å². The maximum atomic E-state index is 14.1. The van der Waals surface area contributed by atoms with Gasteiger partial charge in [-0.05, 0) is 44.2 Å². The van der Waals surface area contributed by atoms with E-state index in [1.54, 1.807) is 12.1 Å². The molecule has 170 valence electrons. The summed E-state index contributed by atoms with van der Waals surface area (Å²) in [4.78, 5) is 9.89. The SMILES string of the molecule is C=C(/N=C(\C=C/C)c1sc(C)nc1-c1ccccc1F)SC.CCCCC(C)CCC. The topological polar surface area (TPSA) is 25.2 Å². The second-order valence-corrected chi connectivity index (χ2v) is 9.60. The zero-order valence-corrected chi connectivity index (χ0v) is 21.5. The molecule has 0 aliphatic carbocycles. The fraction of sp³-hybridized carbons (Fsp3) is 0.462. The Kier molecular flexibility index (Phi) is 13.3. The average Bonchev–Trinajstić information content (AvgIpc) is 3.14. The maximum absolute atomic E-state index is 14.1. The molecule has 0 fully saturated rings. The molecule has 1 unspecified atom stereocenters. The maximum Gasteiger partial charge on any atom is 0.132 e. The second-order valence-electron chi connectivity index (χ2n) is 7.52. The Bertz CT molecular complexity index is 868. The smallest absolute Gasteiger partial charge is 0.132 e. The summed E-state index contributed by atoms with van der Waals surface area (Å²) >= 11 is 2.99. The van der Waals surface area contributed by atoms with Gasteiger partial charge in [-0.2, -0.15) is 0 Å². The van der Waals surface area contributed by atoms with Crippen molar-refractivity contribution in [3.8, 4) is 11.3 Å². The lowest BCUT2D eigenvalue weighted by atomic mass is 10.00. The summed E-state index contributed by atoms with van der Waals surface area (Å²) in [5, 5.41) is 1.58. The number of hydrogen-bond acceptors (Lipinski definition) is 4. The molecule has 0 radical (unpaired) electrons. The number of rotatable bonds is 10. The van der Waals surface area contributed by atoms with Crippen LogP contribution in [0.3, 0.4) is 0 Å². The van der Waals surface area contributed by atoms with Gasteiger partial charge in [-0.1, -0.05) is 77.7 Å². The van der Waals surface area contributed by atoms with E-state index < -0.39 is 0 Å². The van der Waals surface area contributed by atoms with Crippen LogP contribution in [0.1, 0.15) is 69.7 Å². The molecule has 2 aromatic rings. The molecule has 1 aromatic carbocycles. The Balaban J connectivity index is 0.000000452. The van der Waals surface area contributed by atoms with Gasteiger partial charge in [0.1, 0.15) is 5.82 Å². The lowest BCUT2D eigenvalue weighted by molar-refractivity contribution is 0.466. The monoisotopic (exact) mass is 460 g/mol. The van der Waals surface area contributed by atoms with Crippen molar-refractivity contribution in [2.75, 3.05) is 6.26 Å². The van der Waals surface area contributed by atoms with Crippen LogP contribution in [-0.2, 0) is 0 Å². The molecule has 2 nitrogen and oxygen atoms in total. The van der Waals surface area contributed by atoms with E-state index in [1.807, 2.05) is 38.3 Å². The zero-order valence-electron chi connectivity index (χ0n) is 19.9. The van der Waals surface area contributed by atoms with Gasteiger partial charge in [0.2, 0.25) is 0 Å². The van der Waals surface area contributed by atoms with E-state index in [0.717, 1.165) is 21.5 Å². The van der Waals surface area contributed by atoms with Gasteiger partial charge in [0, 0.05) is 5.56 Å². The molecule has 1 aromatic heterocycles. The van der Waals surface area contributed by atoms with E-state index in [-0.39, 0.29) is 5.82 Å². The third-order valence-corrected chi connectivity index (χ3v) is 6.29. The third-order valence-electron chi connectivity index (χ3n) is 4.73. The van der Waals surface area contributed by atoms with Crippen LogP contribution in [0.2, 0.25) is 0 Å². The summed E-state index contributed by atoms with van der Waals surface area (Å²) in [5.41, 5.74) is 1.88. The number of aromatic nitrogens is 1. The van der Waals surface area contributed by atoms with Gasteiger partial charge in [0.05, 0.1) is 26.3 Å². The molecule has 0 spiro atoms. The molecule has 0 aliphatic rings. The van der Waals surface area contributed by atoms with Gasteiger partial charge >= 0.3 is 0 Å². The Morgan fingerprint density at radius 1 is 1.26 bits per heavy atom. The number of benzene rings is 1. The predicted octanol–water partition coefficient (Wildman–Crippen LogP) is 9.07. The molecule has 0 saturated heterocycles. The highest BCUT2D eigenvalue weighted by molar-refractivity contribution is 8.02. The summed E-state index contributed by atoms with van der Waals surface area (Å²) in [6, 6.07) is 6.67. The molecule has 0 aliphatic heterocycles. The van der Waals surface area contributed by atoms with E-state index in [1.165, 1.54) is 61.3 Å². The van der Waals surface area contributed by atoms with Crippen LogP contribution < -0.4 is 0 Å². The molecule has 1 heterocycles. The predicted molar refractivity (Wildman–Crippen MR) is 140 cm³/mol. The van der Waals surface area contributed by atoms with E-state index in [0.29, 0.717) is 16.3 Å². The minimum atomic E-state index is -0.280. The largest absolute Gasteiger partial charge is 0.241 e. The van der Waals surface area contributed by atoms with Gasteiger partial charge in [-0.15, -0.1) is 23.1 Å². The first-order valence-electron chi connectivity index (χ1n) is 11.0. The molecule has 31 heavy (non-hydrogen) atoms. The summed E-state index contributed by atoms with van der Waals surface area (Å²) in [5.74, 6) is 0.688. The van der Waals surface area contributed by atoms with Gasteiger partial charge in [-0.3, -0.25) is 0 Å². The van der Waals surface area contributed by atoms with Crippen LogP contribution >= 0.6 is 23.1 Å². The molecule has 5 heteroatoms. The second kappa shape index (κ2) is 15.1. The number of aryl methyl sites for hydroxylation is 1. The first kappa shape index (κ1) is 27.3. The Morgan fingerprint density at radius 3 is 2.55 bits per heavy atom. The van der Waals surface area contributed by atoms with E-state index in [4.69, 9.17) is 0 Å². The highest BCUT2D eigenvalue weighted by Gasteiger charge is 2.17. The Morgan fingerprint density at radius 2 is 1.97 bits per heavy atom. The number of unbranched alkanes of at least 4 members (excludes halogenated alkanes) is 1. The molecule has 0 saturated carbocycles. The van der Waals surface area contributed by atoms with Crippen LogP contribution in [0.15, 0.2) is 53.0 Å². The van der Waals surface area contributed by atoms with Crippen LogP contribution in [0, 0.1) is 18.7 Å². The van der Waals surface area contributed by atoms with Crippen molar-refractivity contribution in [3.63, 3.8) is 0 Å². The van der Waals surface area contributed by atoms with Crippen molar-refractivity contribution in [1.29, 1.82) is 0 Å². The number of allylic oxidation sites excluding steroid dienone is 2. The molecule has 0 amide bonds. The molecule has 0 N–H and O–H groups in total. The first-order valence-corrected chi connectivity index (χ1v) is 13.1. The van der Waals surface area contributed by atoms with Crippen molar-refractivity contribution >= 4 is 28.8 Å². The van der Waals surface area contributed by atoms with E-state index in [2.05, 4.69) is 37.3 Å². The molecule has 0 bridgehead atoms. The minimum absolute atomic E-state index is 0.280. The fourth-order valence-electron chi connectivity index (χ4n) is 3.13. The molecule has 2 rings (SSSR count). The van der Waals surface area contributed by atoms with Crippen molar-refractivity contribution < 1.29 is 4.39 Å². The zero-order chi connectivity index (χ0) is 23.2. The fourth-order valence-corrected chi connectivity index (χ4v) is 4.22. The van der Waals surface area contributed by atoms with E-state index in [9.17, 15) is 4.39 Å². The van der Waals surface area contributed by atoms with Crippen LogP contribution in [-0.4, -0.2) is 17.0 Å². The standard InChI is InChI=1S/C17H17FN2S2.C9H20/c1-5-8-15(19-11(2)21-4)17-16(20-12(3)22-17)13-9-6-7-10-14(13)18;1-4-6-8-9(3)7-5-2/h5-10H,2H2,1,3-4H3;9H,4-8H2,1-3H3/b8-5-,19-15+;. The number of thiazole rings is 1. The van der Waals surface area contributed by atoms with Gasteiger partial charge in [0.15, 0.2) is 0 Å². The number of halogens is 1. The number of thioether (sulfide) groups is 1. The number of aliphatic imine (C=N–C) groups is 1. The van der Waals surface area contributed by atoms with Crippen molar-refractivity contribution in [2.24, 2.45) is 10.9 Å². The molecular formula is C26H37FN2S2. The normalized spacial score (nSPS) is 12.5. The average molecular weight is 461 g/mol. The summed E-state index contributed by atoms with van der Waals surface area (Å²) in [6.45, 7) is 14.6. The number of hydrogen-bond donors (Lipinski definition) is 0. The van der Waals surface area contributed by atoms with Gasteiger partial charge in [-0.25, -0.2) is 14.4 Å². The number of nitrogens with zero attached hydrogens (tertiary/aromatic N) is 2. The first-order chi connectivity index (χ1) is 14.9. The van der Waals surface area contributed by atoms with Gasteiger partial charge in [0.25, 0.3) is 0 Å². The summed E-state index contributed by atoms with van der Waals surface area (Å²) < 4.78 is 14.1. The van der Waals surface area contributed by atoms with E-state index >= 15 is 0 Å². The van der Waals surface area contributed by atoms with Gasteiger partial charge < -0.3 is 0 Å². The Labute approximate surface area is 196 Å². The highest BCUT2D eigenvalue weighted by Crippen LogP contribution is 2.31. The van der Waals surface area contributed by atoms with Crippen LogP contribution in [0.5, 0.6) is 0 Å². The molecular weight excluding hydrogens is 423 g/mol. The third kappa shape index (κ3) is 9.53. The minimum Gasteiger partial charge on any atom is -0.241 e. The van der Waals surface area contributed by atoms with Crippen molar-refractivity contribution in [1.82, 2.24) is 4.98 Å². The lowest BCUT2D eigenvalue weighted by Gasteiger charge is -2.07. The van der Waals surface area contributed by atoms with Crippen molar-refractivity contribution in [3.05, 3.63) is 63.7 Å². The quantitative estimate of drug-likeness (QED) is 0.330. The lowest BCUT2D eigenvalue weighted by Crippen LogP contribution is -1.98. The summed E-state index contributed by atoms with van der Waals surface area (Å²) in [7, 11) is 0. The van der Waals surface area contributed by atoms with Crippen LogP contribution in [0.4, 0.5) is 4.39 Å². The summed E-state index contributed by atoms with van der Waals surface area (Å²) in [6.07, 6.45) is 12.7. The van der Waals surface area contributed by atoms with Crippen LogP contribution in [0.25, 0.3) is 11.3 Å². The molecule has 1 atom stereocenters. The Hall–Kier alpha value is -1.72.